The van der Waals surface area contributed by atoms with Crippen LogP contribution in [-0.4, -0.2) is 21.2 Å². The Morgan fingerprint density at radius 2 is 0.714 bits per heavy atom. The van der Waals surface area contributed by atoms with Crippen molar-refractivity contribution in [2.45, 2.75) is 0 Å². The Morgan fingerprint density at radius 1 is 0.476 bits per heavy atom. The summed E-state index contributed by atoms with van der Waals surface area (Å²) < 4.78 is 4.42. The van der Waals surface area contributed by atoms with E-state index in [0.29, 0.717) is 0 Å². The van der Waals surface area contributed by atoms with Gasteiger partial charge in [-0.15, -0.1) is 0 Å². The van der Waals surface area contributed by atoms with E-state index in [4.69, 9.17) is 0 Å². The fourth-order valence-corrected chi connectivity index (χ4v) is 5.49. The molecule has 0 saturated heterocycles. The van der Waals surface area contributed by atoms with E-state index in [2.05, 4.69) is 96.7 Å². The zero-order chi connectivity index (χ0) is 14.9. The van der Waals surface area contributed by atoms with E-state index in [1.54, 1.807) is 0 Å². The van der Waals surface area contributed by atoms with Crippen LogP contribution in [0.3, 0.4) is 0 Å². The number of nitrogens with two attached hydrogens (primary N) is 1. The Bertz CT molecular complexity index is 530. The lowest BCUT2D eigenvalue weighted by molar-refractivity contribution is 1.48. The molecule has 3 aromatic rings. The minimum Gasteiger partial charge on any atom is -0.333 e. The van der Waals surface area contributed by atoms with E-state index in [-0.39, 0.29) is 0 Å². The molecule has 0 radical (unpaired) electrons. The maximum atomic E-state index is 4.50. The second-order valence-electron chi connectivity index (χ2n) is 4.67. The highest BCUT2D eigenvalue weighted by molar-refractivity contribution is 6.95. The van der Waals surface area contributed by atoms with Crippen molar-refractivity contribution < 1.29 is 0 Å². The molecule has 0 aliphatic heterocycles. The summed E-state index contributed by atoms with van der Waals surface area (Å²) in [5.74, 6) is 0. The molecule has 0 heterocycles. The van der Waals surface area contributed by atoms with Gasteiger partial charge in [0.2, 0.25) is 0 Å². The Balaban J connectivity index is 0.000000774. The van der Waals surface area contributed by atoms with Gasteiger partial charge in [-0.25, -0.2) is 0 Å². The van der Waals surface area contributed by atoms with E-state index in [9.17, 15) is 0 Å². The fourth-order valence-electron chi connectivity index (χ4n) is 2.51. The van der Waals surface area contributed by atoms with Gasteiger partial charge in [0, 0.05) is 0 Å². The van der Waals surface area contributed by atoms with Crippen molar-refractivity contribution in [1.82, 2.24) is 0 Å². The van der Waals surface area contributed by atoms with Crippen LogP contribution in [0.1, 0.15) is 0 Å². The topological polar surface area (TPSA) is 26.0 Å². The van der Waals surface area contributed by atoms with Crippen molar-refractivity contribution in [3.8, 4) is 0 Å². The van der Waals surface area contributed by atoms with Crippen molar-refractivity contribution in [1.29, 1.82) is 0 Å². The third-order valence-electron chi connectivity index (χ3n) is 3.40. The van der Waals surface area contributed by atoms with E-state index in [1.807, 2.05) is 0 Å². The monoisotopic (exact) mass is 289 g/mol. The Kier molecular flexibility index (Phi) is 6.25. The molecule has 2 N–H and O–H groups in total. The van der Waals surface area contributed by atoms with Crippen LogP contribution in [0.15, 0.2) is 91.0 Å². The quantitative estimate of drug-likeness (QED) is 0.731. The number of hydrogen-bond donors (Lipinski definition) is 1. The summed E-state index contributed by atoms with van der Waals surface area (Å²) in [7, 11) is 1.50. The smallest absolute Gasteiger partial charge is 0.333 e. The van der Waals surface area contributed by atoms with Crippen molar-refractivity contribution in [2.24, 2.45) is 5.73 Å². The van der Waals surface area contributed by atoms with Gasteiger partial charge in [0.05, 0.1) is 0 Å². The van der Waals surface area contributed by atoms with Crippen molar-refractivity contribution in [3.05, 3.63) is 91.0 Å². The lowest BCUT2D eigenvalue weighted by atomic mass is 10.3. The SMILES string of the molecule is CN.c1cc[c]([Al]([c]2ccccc2)[c]2ccccc2)cc1. The minimum atomic E-state index is -1.31. The predicted octanol–water partition coefficient (Wildman–Crippen LogP) is 1.78. The molecule has 0 atom stereocenters. The van der Waals surface area contributed by atoms with Crippen LogP contribution >= 0.6 is 0 Å². The van der Waals surface area contributed by atoms with Crippen LogP contribution in [-0.2, 0) is 0 Å². The molecule has 104 valence electrons. The first-order chi connectivity index (χ1) is 10.4. The second kappa shape index (κ2) is 8.44. The van der Waals surface area contributed by atoms with Crippen LogP contribution in [0.2, 0.25) is 0 Å². The van der Waals surface area contributed by atoms with E-state index in [1.165, 1.54) is 20.3 Å². The normalized spacial score (nSPS) is 9.43. The minimum absolute atomic E-state index is 1.31. The van der Waals surface area contributed by atoms with E-state index in [0.717, 1.165) is 0 Å². The molecule has 0 unspecified atom stereocenters. The largest absolute Gasteiger partial charge is 0.383 e. The van der Waals surface area contributed by atoms with Gasteiger partial charge in [-0.3, -0.25) is 0 Å². The van der Waals surface area contributed by atoms with Crippen molar-refractivity contribution >= 4 is 27.4 Å². The summed E-state index contributed by atoms with van der Waals surface area (Å²) in [5.41, 5.74) is 4.50. The molecule has 0 spiro atoms. The average molecular weight is 289 g/mol. The molecule has 0 aliphatic carbocycles. The number of hydrogen-bond acceptors (Lipinski definition) is 1. The summed E-state index contributed by atoms with van der Waals surface area (Å²) in [6.07, 6.45) is 0. The summed E-state index contributed by atoms with van der Waals surface area (Å²) in [5, 5.41) is 0. The number of rotatable bonds is 3. The molecule has 0 saturated carbocycles. The van der Waals surface area contributed by atoms with Crippen LogP contribution in [0, 0.1) is 0 Å². The molecule has 0 aromatic heterocycles. The Morgan fingerprint density at radius 3 is 0.952 bits per heavy atom. The Labute approximate surface area is 131 Å². The van der Waals surface area contributed by atoms with Gasteiger partial charge >= 0.3 is 14.1 Å². The van der Waals surface area contributed by atoms with Gasteiger partial charge in [0.25, 0.3) is 0 Å². The summed E-state index contributed by atoms with van der Waals surface area (Å²) in [4.78, 5) is 0. The Hall–Kier alpha value is -1.85. The van der Waals surface area contributed by atoms with Crippen LogP contribution in [0.5, 0.6) is 0 Å². The average Bonchev–Trinajstić information content (AvgIpc) is 2.60. The van der Waals surface area contributed by atoms with Crippen molar-refractivity contribution in [2.75, 3.05) is 7.05 Å². The maximum Gasteiger partial charge on any atom is 0.383 e. The lowest BCUT2D eigenvalue weighted by Crippen LogP contribution is -2.51. The molecule has 0 fully saturated rings. The molecule has 0 aliphatic rings. The van der Waals surface area contributed by atoms with E-state index < -0.39 is 14.1 Å². The van der Waals surface area contributed by atoms with Crippen molar-refractivity contribution in [3.63, 3.8) is 0 Å². The first kappa shape index (κ1) is 15.5. The molecule has 21 heavy (non-hydrogen) atoms. The van der Waals surface area contributed by atoms with Gasteiger partial charge < -0.3 is 5.73 Å². The number of benzene rings is 3. The lowest BCUT2D eigenvalue weighted by Gasteiger charge is -2.13. The standard InChI is InChI=1S/3C6H5.CH5N.Al/c3*1-2-4-6-5-3-1;1-2;/h3*1-5H;2H2,1H3;. The highest BCUT2D eigenvalue weighted by Crippen LogP contribution is 1.95. The molecule has 3 rings (SSSR count). The summed E-state index contributed by atoms with van der Waals surface area (Å²) >= 11 is -1.31. The zero-order valence-corrected chi connectivity index (χ0v) is 13.5. The molecular weight excluding hydrogens is 269 g/mol. The van der Waals surface area contributed by atoms with Crippen LogP contribution < -0.4 is 19.0 Å². The van der Waals surface area contributed by atoms with Gasteiger partial charge in [0.1, 0.15) is 0 Å². The van der Waals surface area contributed by atoms with Gasteiger partial charge in [0.15, 0.2) is 0 Å². The maximum absolute atomic E-state index is 4.50. The third-order valence-corrected chi connectivity index (χ3v) is 6.55. The molecule has 1 nitrogen and oxygen atoms in total. The first-order valence-electron chi connectivity index (χ1n) is 7.18. The van der Waals surface area contributed by atoms with Gasteiger partial charge in [-0.1, -0.05) is 104 Å². The van der Waals surface area contributed by atoms with Crippen LogP contribution in [0.25, 0.3) is 0 Å². The molecule has 2 heteroatoms. The highest BCUT2D eigenvalue weighted by Gasteiger charge is 2.23. The van der Waals surface area contributed by atoms with E-state index >= 15 is 0 Å². The molecule has 0 amide bonds. The molecular formula is C19H20AlN. The molecule has 3 aromatic carbocycles. The third kappa shape index (κ3) is 4.06. The summed E-state index contributed by atoms with van der Waals surface area (Å²) in [6, 6.07) is 32.7. The van der Waals surface area contributed by atoms with Gasteiger partial charge in [-0.05, 0) is 7.05 Å². The predicted molar refractivity (Wildman–Crippen MR) is 94.1 cm³/mol. The second-order valence-corrected chi connectivity index (χ2v) is 7.53. The fraction of sp³-hybridized carbons (Fsp3) is 0.0526. The first-order valence-corrected chi connectivity index (χ1v) is 8.91. The zero-order valence-electron chi connectivity index (χ0n) is 12.3. The molecule has 0 bridgehead atoms. The summed E-state index contributed by atoms with van der Waals surface area (Å²) in [6.45, 7) is 0. The van der Waals surface area contributed by atoms with Gasteiger partial charge in [-0.2, -0.15) is 0 Å². The van der Waals surface area contributed by atoms with Crippen LogP contribution in [0.4, 0.5) is 0 Å². The highest BCUT2D eigenvalue weighted by atomic mass is 27.2.